The van der Waals surface area contributed by atoms with Crippen LogP contribution in [0.2, 0.25) is 5.02 Å². The molecule has 0 aromatic heterocycles. The van der Waals surface area contributed by atoms with Gasteiger partial charge in [0.2, 0.25) is 0 Å². The standard InChI is InChI=1S/C14H15ClFN/c1-10-2-3-11(8-13(10)15)14(9-17)6-4-12(16)5-7-14/h2-3,8,12H,4-7H2,1H3. The molecule has 0 heterocycles. The topological polar surface area (TPSA) is 23.8 Å². The normalized spacial score (nSPS) is 28.7. The van der Waals surface area contributed by atoms with Crippen molar-refractivity contribution in [3.8, 4) is 6.07 Å². The Morgan fingerprint density at radius 3 is 2.59 bits per heavy atom. The molecule has 1 aliphatic carbocycles. The van der Waals surface area contributed by atoms with Crippen LogP contribution in [-0.4, -0.2) is 6.17 Å². The quantitative estimate of drug-likeness (QED) is 0.729. The number of rotatable bonds is 1. The predicted molar refractivity (Wildman–Crippen MR) is 66.8 cm³/mol. The molecule has 0 amide bonds. The van der Waals surface area contributed by atoms with Gasteiger partial charge in [-0.2, -0.15) is 5.26 Å². The summed E-state index contributed by atoms with van der Waals surface area (Å²) < 4.78 is 13.2. The minimum atomic E-state index is -0.752. The Kier molecular flexibility index (Phi) is 3.40. The van der Waals surface area contributed by atoms with Crippen LogP contribution < -0.4 is 0 Å². The molecule has 0 saturated heterocycles. The van der Waals surface area contributed by atoms with Gasteiger partial charge in [0.25, 0.3) is 0 Å². The van der Waals surface area contributed by atoms with E-state index in [0.717, 1.165) is 11.1 Å². The predicted octanol–water partition coefficient (Wildman–Crippen LogP) is 4.32. The molecule has 1 aromatic carbocycles. The zero-order valence-corrected chi connectivity index (χ0v) is 10.6. The fourth-order valence-corrected chi connectivity index (χ4v) is 2.61. The van der Waals surface area contributed by atoms with E-state index in [-0.39, 0.29) is 0 Å². The van der Waals surface area contributed by atoms with E-state index < -0.39 is 11.6 Å². The van der Waals surface area contributed by atoms with Crippen LogP contribution in [0, 0.1) is 18.3 Å². The van der Waals surface area contributed by atoms with Gasteiger partial charge in [0, 0.05) is 5.02 Å². The highest BCUT2D eigenvalue weighted by Crippen LogP contribution is 2.40. The van der Waals surface area contributed by atoms with Crippen molar-refractivity contribution in [1.82, 2.24) is 0 Å². The molecule has 90 valence electrons. The summed E-state index contributed by atoms with van der Waals surface area (Å²) in [6, 6.07) is 8.11. The number of halogens is 2. The lowest BCUT2D eigenvalue weighted by Gasteiger charge is -2.32. The largest absolute Gasteiger partial charge is 0.247 e. The summed E-state index contributed by atoms with van der Waals surface area (Å²) in [7, 11) is 0. The lowest BCUT2D eigenvalue weighted by Crippen LogP contribution is -2.30. The summed E-state index contributed by atoms with van der Waals surface area (Å²) in [6.45, 7) is 1.93. The molecule has 0 atom stereocenters. The van der Waals surface area contributed by atoms with E-state index in [1.54, 1.807) is 0 Å². The van der Waals surface area contributed by atoms with Gasteiger partial charge in [0.05, 0.1) is 11.5 Å². The molecule has 0 N–H and O–H groups in total. The van der Waals surface area contributed by atoms with Gasteiger partial charge in [-0.25, -0.2) is 4.39 Å². The summed E-state index contributed by atoms with van der Waals surface area (Å²) in [5, 5.41) is 10.1. The molecule has 1 fully saturated rings. The van der Waals surface area contributed by atoms with Gasteiger partial charge in [0.15, 0.2) is 0 Å². The third-order valence-corrected chi connectivity index (χ3v) is 4.11. The number of hydrogen-bond acceptors (Lipinski definition) is 1. The fraction of sp³-hybridized carbons (Fsp3) is 0.500. The molecular weight excluding hydrogens is 237 g/mol. The first kappa shape index (κ1) is 12.4. The van der Waals surface area contributed by atoms with Gasteiger partial charge >= 0.3 is 0 Å². The smallest absolute Gasteiger partial charge is 0.100 e. The summed E-state index contributed by atoms with van der Waals surface area (Å²) >= 11 is 6.10. The molecule has 1 nitrogen and oxygen atoms in total. The van der Waals surface area contributed by atoms with Crippen molar-refractivity contribution in [2.75, 3.05) is 0 Å². The van der Waals surface area contributed by atoms with Crippen LogP contribution in [0.5, 0.6) is 0 Å². The second kappa shape index (κ2) is 4.66. The van der Waals surface area contributed by atoms with Gasteiger partial charge in [-0.1, -0.05) is 23.7 Å². The fourth-order valence-electron chi connectivity index (χ4n) is 2.43. The summed E-state index contributed by atoms with van der Waals surface area (Å²) in [6.07, 6.45) is 1.36. The maximum absolute atomic E-state index is 13.2. The molecular formula is C14H15ClFN. The van der Waals surface area contributed by atoms with E-state index in [2.05, 4.69) is 6.07 Å². The van der Waals surface area contributed by atoms with E-state index in [1.807, 2.05) is 25.1 Å². The van der Waals surface area contributed by atoms with E-state index in [0.29, 0.717) is 30.7 Å². The van der Waals surface area contributed by atoms with Crippen LogP contribution in [0.25, 0.3) is 0 Å². The minimum Gasteiger partial charge on any atom is -0.247 e. The van der Waals surface area contributed by atoms with Crippen molar-refractivity contribution < 1.29 is 4.39 Å². The molecule has 0 spiro atoms. The molecule has 1 aromatic rings. The number of alkyl halides is 1. The van der Waals surface area contributed by atoms with Crippen LogP contribution in [-0.2, 0) is 5.41 Å². The van der Waals surface area contributed by atoms with E-state index in [1.165, 1.54) is 0 Å². The molecule has 17 heavy (non-hydrogen) atoms. The average Bonchev–Trinajstić information content (AvgIpc) is 2.34. The van der Waals surface area contributed by atoms with E-state index in [4.69, 9.17) is 11.6 Å². The maximum atomic E-state index is 13.2. The SMILES string of the molecule is Cc1ccc(C2(C#N)CCC(F)CC2)cc1Cl. The molecule has 1 saturated carbocycles. The molecule has 0 bridgehead atoms. The van der Waals surface area contributed by atoms with Crippen molar-refractivity contribution in [1.29, 1.82) is 5.26 Å². The molecule has 2 rings (SSSR count). The lowest BCUT2D eigenvalue weighted by atomic mass is 9.70. The van der Waals surface area contributed by atoms with E-state index in [9.17, 15) is 9.65 Å². The van der Waals surface area contributed by atoms with Crippen LogP contribution in [0.4, 0.5) is 4.39 Å². The number of nitriles is 1. The average molecular weight is 252 g/mol. The monoisotopic (exact) mass is 251 g/mol. The Bertz CT molecular complexity index is 456. The summed E-state index contributed by atoms with van der Waals surface area (Å²) in [5.74, 6) is 0. The maximum Gasteiger partial charge on any atom is 0.100 e. The van der Waals surface area contributed by atoms with Gasteiger partial charge in [-0.3, -0.25) is 0 Å². The zero-order chi connectivity index (χ0) is 12.5. The number of benzene rings is 1. The number of hydrogen-bond donors (Lipinski definition) is 0. The first-order valence-corrected chi connectivity index (χ1v) is 6.27. The second-order valence-electron chi connectivity index (χ2n) is 4.83. The minimum absolute atomic E-state index is 0.471. The Labute approximate surface area is 106 Å². The highest BCUT2D eigenvalue weighted by atomic mass is 35.5. The highest BCUT2D eigenvalue weighted by molar-refractivity contribution is 6.31. The summed E-state index contributed by atoms with van der Waals surface area (Å²) in [5.41, 5.74) is 1.39. The van der Waals surface area contributed by atoms with Crippen molar-refractivity contribution in [2.45, 2.75) is 44.2 Å². The Morgan fingerprint density at radius 2 is 2.06 bits per heavy atom. The molecule has 0 unspecified atom stereocenters. The van der Waals surface area contributed by atoms with Gasteiger partial charge in [-0.15, -0.1) is 0 Å². The van der Waals surface area contributed by atoms with Crippen LogP contribution >= 0.6 is 11.6 Å². The first-order chi connectivity index (χ1) is 8.07. The molecule has 3 heteroatoms. The second-order valence-corrected chi connectivity index (χ2v) is 5.24. The Balaban J connectivity index is 2.35. The number of nitrogens with zero attached hydrogens (tertiary/aromatic N) is 1. The van der Waals surface area contributed by atoms with Crippen LogP contribution in [0.1, 0.15) is 36.8 Å². The molecule has 0 radical (unpaired) electrons. The third kappa shape index (κ3) is 2.30. The van der Waals surface area contributed by atoms with Crippen molar-refractivity contribution in [2.24, 2.45) is 0 Å². The van der Waals surface area contributed by atoms with E-state index >= 15 is 0 Å². The number of aryl methyl sites for hydroxylation is 1. The molecule has 0 aliphatic heterocycles. The highest BCUT2D eigenvalue weighted by Gasteiger charge is 2.37. The van der Waals surface area contributed by atoms with Gasteiger partial charge in [0.1, 0.15) is 6.17 Å². The van der Waals surface area contributed by atoms with Crippen molar-refractivity contribution in [3.63, 3.8) is 0 Å². The first-order valence-electron chi connectivity index (χ1n) is 5.89. The molecule has 1 aliphatic rings. The Hall–Kier alpha value is -1.07. The van der Waals surface area contributed by atoms with Gasteiger partial charge < -0.3 is 0 Å². The van der Waals surface area contributed by atoms with Crippen LogP contribution in [0.3, 0.4) is 0 Å². The van der Waals surface area contributed by atoms with Gasteiger partial charge in [-0.05, 0) is 49.8 Å². The third-order valence-electron chi connectivity index (χ3n) is 3.71. The van der Waals surface area contributed by atoms with Crippen molar-refractivity contribution in [3.05, 3.63) is 34.3 Å². The Morgan fingerprint density at radius 1 is 1.41 bits per heavy atom. The summed E-state index contributed by atoms with van der Waals surface area (Å²) in [4.78, 5) is 0. The lowest BCUT2D eigenvalue weighted by molar-refractivity contribution is 0.209. The van der Waals surface area contributed by atoms with Crippen molar-refractivity contribution >= 4 is 11.6 Å². The van der Waals surface area contributed by atoms with Crippen LogP contribution in [0.15, 0.2) is 18.2 Å². The zero-order valence-electron chi connectivity index (χ0n) is 9.84.